The summed E-state index contributed by atoms with van der Waals surface area (Å²) in [6, 6.07) is 5.85. The summed E-state index contributed by atoms with van der Waals surface area (Å²) >= 11 is 0. The summed E-state index contributed by atoms with van der Waals surface area (Å²) in [5.74, 6) is 6.71. The lowest BCUT2D eigenvalue weighted by Crippen LogP contribution is -2.06. The van der Waals surface area contributed by atoms with Crippen LogP contribution in [0.25, 0.3) is 0 Å². The first-order chi connectivity index (χ1) is 8.27. The van der Waals surface area contributed by atoms with Gasteiger partial charge in [-0.2, -0.15) is 0 Å². The SMILES string of the molecule is CCOCCOc1ccc(C#CCN)c(C)c1. The fourth-order valence-electron chi connectivity index (χ4n) is 1.38. The number of benzene rings is 1. The topological polar surface area (TPSA) is 44.5 Å². The van der Waals surface area contributed by atoms with E-state index in [2.05, 4.69) is 11.8 Å². The van der Waals surface area contributed by atoms with E-state index in [1.54, 1.807) is 0 Å². The molecule has 0 saturated heterocycles. The van der Waals surface area contributed by atoms with E-state index in [0.717, 1.165) is 23.5 Å². The highest BCUT2D eigenvalue weighted by Gasteiger charge is 1.98. The summed E-state index contributed by atoms with van der Waals surface area (Å²) in [6.07, 6.45) is 0. The molecule has 0 amide bonds. The van der Waals surface area contributed by atoms with Crippen molar-refractivity contribution in [2.45, 2.75) is 13.8 Å². The first-order valence-electron chi connectivity index (χ1n) is 5.78. The highest BCUT2D eigenvalue weighted by Crippen LogP contribution is 2.16. The number of hydrogen-bond donors (Lipinski definition) is 1. The average molecular weight is 233 g/mol. The van der Waals surface area contributed by atoms with Crippen LogP contribution in [0, 0.1) is 18.8 Å². The molecule has 0 atom stereocenters. The molecule has 92 valence electrons. The van der Waals surface area contributed by atoms with Gasteiger partial charge in [-0.05, 0) is 37.6 Å². The first-order valence-corrected chi connectivity index (χ1v) is 5.78. The van der Waals surface area contributed by atoms with E-state index in [9.17, 15) is 0 Å². The van der Waals surface area contributed by atoms with Crippen molar-refractivity contribution in [3.63, 3.8) is 0 Å². The lowest BCUT2D eigenvalue weighted by atomic mass is 10.1. The Labute approximate surface area is 103 Å². The van der Waals surface area contributed by atoms with Crippen LogP contribution in [0.5, 0.6) is 5.75 Å². The zero-order chi connectivity index (χ0) is 12.5. The first kappa shape index (κ1) is 13.6. The molecule has 1 aromatic carbocycles. The molecule has 0 saturated carbocycles. The molecule has 3 nitrogen and oxygen atoms in total. The zero-order valence-electron chi connectivity index (χ0n) is 10.5. The van der Waals surface area contributed by atoms with Crippen molar-refractivity contribution in [1.29, 1.82) is 0 Å². The van der Waals surface area contributed by atoms with Crippen molar-refractivity contribution in [3.8, 4) is 17.6 Å². The molecule has 0 aliphatic heterocycles. The highest BCUT2D eigenvalue weighted by atomic mass is 16.5. The summed E-state index contributed by atoms with van der Waals surface area (Å²) in [4.78, 5) is 0. The molecule has 0 aliphatic carbocycles. The third-order valence-corrected chi connectivity index (χ3v) is 2.22. The summed E-state index contributed by atoms with van der Waals surface area (Å²) < 4.78 is 10.8. The monoisotopic (exact) mass is 233 g/mol. The number of aryl methyl sites for hydroxylation is 1. The van der Waals surface area contributed by atoms with E-state index in [1.165, 1.54) is 0 Å². The standard InChI is InChI=1S/C14H19NO2/c1-3-16-9-10-17-14-7-6-13(5-4-8-15)12(2)11-14/h6-7,11H,3,8-10,15H2,1-2H3. The van der Waals surface area contributed by atoms with Crippen LogP contribution in [0.4, 0.5) is 0 Å². The highest BCUT2D eigenvalue weighted by molar-refractivity contribution is 5.44. The fraction of sp³-hybridized carbons (Fsp3) is 0.429. The Morgan fingerprint density at radius 3 is 2.76 bits per heavy atom. The van der Waals surface area contributed by atoms with Crippen LogP contribution in [0.3, 0.4) is 0 Å². The van der Waals surface area contributed by atoms with E-state index in [-0.39, 0.29) is 0 Å². The quantitative estimate of drug-likeness (QED) is 0.622. The third-order valence-electron chi connectivity index (χ3n) is 2.22. The second-order valence-electron chi connectivity index (χ2n) is 3.53. The van der Waals surface area contributed by atoms with Crippen LogP contribution in [0.15, 0.2) is 18.2 Å². The van der Waals surface area contributed by atoms with Gasteiger partial charge in [0.15, 0.2) is 0 Å². The van der Waals surface area contributed by atoms with E-state index in [4.69, 9.17) is 15.2 Å². The van der Waals surface area contributed by atoms with Crippen molar-refractivity contribution < 1.29 is 9.47 Å². The van der Waals surface area contributed by atoms with Gasteiger partial charge in [0.1, 0.15) is 12.4 Å². The minimum atomic E-state index is 0.381. The van der Waals surface area contributed by atoms with Gasteiger partial charge in [0.05, 0.1) is 13.2 Å². The van der Waals surface area contributed by atoms with Gasteiger partial charge < -0.3 is 15.2 Å². The molecule has 0 unspecified atom stereocenters. The van der Waals surface area contributed by atoms with E-state index >= 15 is 0 Å². The molecule has 0 aromatic heterocycles. The predicted molar refractivity (Wildman–Crippen MR) is 69.1 cm³/mol. The molecule has 0 bridgehead atoms. The molecule has 0 heterocycles. The lowest BCUT2D eigenvalue weighted by Gasteiger charge is -2.07. The largest absolute Gasteiger partial charge is 0.491 e. The van der Waals surface area contributed by atoms with Crippen LogP contribution in [-0.2, 0) is 4.74 Å². The van der Waals surface area contributed by atoms with Crippen LogP contribution in [0.1, 0.15) is 18.1 Å². The molecule has 3 heteroatoms. The summed E-state index contributed by atoms with van der Waals surface area (Å²) in [7, 11) is 0. The number of ether oxygens (including phenoxy) is 2. The molecule has 2 N–H and O–H groups in total. The lowest BCUT2D eigenvalue weighted by molar-refractivity contribution is 0.110. The van der Waals surface area contributed by atoms with Gasteiger partial charge >= 0.3 is 0 Å². The minimum absolute atomic E-state index is 0.381. The number of nitrogens with two attached hydrogens (primary N) is 1. The van der Waals surface area contributed by atoms with E-state index in [1.807, 2.05) is 32.0 Å². The third kappa shape index (κ3) is 4.90. The molecule has 17 heavy (non-hydrogen) atoms. The van der Waals surface area contributed by atoms with Gasteiger partial charge in [-0.1, -0.05) is 11.8 Å². The molecule has 1 aromatic rings. The van der Waals surface area contributed by atoms with Crippen LogP contribution in [-0.4, -0.2) is 26.4 Å². The maximum Gasteiger partial charge on any atom is 0.119 e. The maximum absolute atomic E-state index is 5.55. The van der Waals surface area contributed by atoms with Crippen molar-refractivity contribution in [3.05, 3.63) is 29.3 Å². The van der Waals surface area contributed by atoms with E-state index in [0.29, 0.717) is 19.8 Å². The molecular formula is C14H19NO2. The van der Waals surface area contributed by atoms with Crippen molar-refractivity contribution in [2.24, 2.45) is 5.73 Å². The van der Waals surface area contributed by atoms with Crippen LogP contribution >= 0.6 is 0 Å². The molecular weight excluding hydrogens is 214 g/mol. The van der Waals surface area contributed by atoms with E-state index < -0.39 is 0 Å². The van der Waals surface area contributed by atoms with Crippen molar-refractivity contribution >= 4 is 0 Å². The number of hydrogen-bond acceptors (Lipinski definition) is 3. The predicted octanol–water partition coefficient (Wildman–Crippen LogP) is 1.72. The Morgan fingerprint density at radius 2 is 2.12 bits per heavy atom. The van der Waals surface area contributed by atoms with Gasteiger partial charge in [-0.15, -0.1) is 0 Å². The molecule has 0 radical (unpaired) electrons. The summed E-state index contributed by atoms with van der Waals surface area (Å²) in [5.41, 5.74) is 7.43. The van der Waals surface area contributed by atoms with Gasteiger partial charge in [-0.3, -0.25) is 0 Å². The Balaban J connectivity index is 2.56. The van der Waals surface area contributed by atoms with Crippen molar-refractivity contribution in [1.82, 2.24) is 0 Å². The smallest absolute Gasteiger partial charge is 0.119 e. The average Bonchev–Trinajstić information content (AvgIpc) is 2.34. The maximum atomic E-state index is 5.55. The fourth-order valence-corrected chi connectivity index (χ4v) is 1.38. The van der Waals surface area contributed by atoms with Gasteiger partial charge in [-0.25, -0.2) is 0 Å². The Morgan fingerprint density at radius 1 is 1.29 bits per heavy atom. The summed E-state index contributed by atoms with van der Waals surface area (Å²) in [6.45, 7) is 6.26. The Kier molecular flexibility index (Phi) is 6.16. The Bertz CT molecular complexity index is 404. The van der Waals surface area contributed by atoms with Crippen LogP contribution < -0.4 is 10.5 Å². The Hall–Kier alpha value is -1.50. The minimum Gasteiger partial charge on any atom is -0.491 e. The second-order valence-corrected chi connectivity index (χ2v) is 3.53. The molecule has 1 rings (SSSR count). The summed E-state index contributed by atoms with van der Waals surface area (Å²) in [5, 5.41) is 0. The van der Waals surface area contributed by atoms with Crippen molar-refractivity contribution in [2.75, 3.05) is 26.4 Å². The molecule has 0 aliphatic rings. The van der Waals surface area contributed by atoms with Gasteiger partial charge in [0, 0.05) is 12.2 Å². The van der Waals surface area contributed by atoms with Gasteiger partial charge in [0.2, 0.25) is 0 Å². The number of rotatable bonds is 5. The second kappa shape index (κ2) is 7.72. The van der Waals surface area contributed by atoms with Crippen LogP contribution in [0.2, 0.25) is 0 Å². The zero-order valence-corrected chi connectivity index (χ0v) is 10.5. The molecule has 0 fully saturated rings. The molecule has 0 spiro atoms. The normalized spacial score (nSPS) is 9.59. The van der Waals surface area contributed by atoms with Gasteiger partial charge in [0.25, 0.3) is 0 Å².